The van der Waals surface area contributed by atoms with Gasteiger partial charge in [0.15, 0.2) is 21.3 Å². The molecule has 0 radical (unpaired) electrons. The Morgan fingerprint density at radius 3 is 2.52 bits per heavy atom. The van der Waals surface area contributed by atoms with Crippen LogP contribution < -0.4 is 0 Å². The molecule has 0 N–H and O–H groups in total. The first-order valence-electron chi connectivity index (χ1n) is 10.0. The molecule has 1 unspecified atom stereocenters. The number of benzene rings is 2. The lowest BCUT2D eigenvalue weighted by atomic mass is 10.0. The van der Waals surface area contributed by atoms with E-state index in [-0.39, 0.29) is 29.6 Å². The third-order valence-electron chi connectivity index (χ3n) is 5.70. The van der Waals surface area contributed by atoms with E-state index in [1.807, 2.05) is 32.0 Å². The number of amides is 1. The molecule has 6 nitrogen and oxygen atoms in total. The van der Waals surface area contributed by atoms with Crippen molar-refractivity contribution >= 4 is 15.7 Å². The fourth-order valence-electron chi connectivity index (χ4n) is 3.73. The maximum atomic E-state index is 13.3. The van der Waals surface area contributed by atoms with Crippen molar-refractivity contribution in [1.82, 2.24) is 10.1 Å². The summed E-state index contributed by atoms with van der Waals surface area (Å²) in [5.74, 6) is -0.378. The molecule has 1 aliphatic rings. The molecule has 4 rings (SSSR count). The molecular weight excluding hydrogens is 419 g/mol. The van der Waals surface area contributed by atoms with Gasteiger partial charge in [0.1, 0.15) is 5.82 Å². The van der Waals surface area contributed by atoms with Crippen molar-refractivity contribution in [2.24, 2.45) is 0 Å². The number of hydrogen-bond acceptors (Lipinski definition) is 5. The van der Waals surface area contributed by atoms with Gasteiger partial charge in [-0.05, 0) is 55.2 Å². The first-order chi connectivity index (χ1) is 14.7. The van der Waals surface area contributed by atoms with Gasteiger partial charge in [0.2, 0.25) is 0 Å². The van der Waals surface area contributed by atoms with Crippen molar-refractivity contribution in [2.75, 3.05) is 11.5 Å². The first-order valence-corrected chi connectivity index (χ1v) is 11.8. The molecule has 0 saturated carbocycles. The number of aryl methyl sites for hydroxylation is 2. The Bertz CT molecular complexity index is 1220. The quantitative estimate of drug-likeness (QED) is 0.598. The number of halogens is 1. The van der Waals surface area contributed by atoms with Crippen molar-refractivity contribution in [3.63, 3.8) is 0 Å². The molecule has 1 fully saturated rings. The molecule has 3 aromatic rings. The fraction of sp³-hybridized carbons (Fsp3) is 0.304. The zero-order valence-electron chi connectivity index (χ0n) is 17.3. The van der Waals surface area contributed by atoms with Crippen LogP contribution in [-0.2, 0) is 16.4 Å². The Hall–Kier alpha value is -3.00. The fourth-order valence-corrected chi connectivity index (χ4v) is 5.46. The lowest BCUT2D eigenvalue weighted by Gasteiger charge is -2.27. The van der Waals surface area contributed by atoms with Crippen molar-refractivity contribution in [2.45, 2.75) is 32.9 Å². The van der Waals surface area contributed by atoms with E-state index < -0.39 is 21.8 Å². The van der Waals surface area contributed by atoms with Crippen molar-refractivity contribution < 1.29 is 22.1 Å². The van der Waals surface area contributed by atoms with Gasteiger partial charge in [0.25, 0.3) is 5.91 Å². The van der Waals surface area contributed by atoms with E-state index in [0.717, 1.165) is 16.7 Å². The molecule has 1 saturated heterocycles. The molecule has 0 bridgehead atoms. The van der Waals surface area contributed by atoms with Crippen LogP contribution in [0.4, 0.5) is 4.39 Å². The molecule has 2 heterocycles. The highest BCUT2D eigenvalue weighted by molar-refractivity contribution is 7.91. The molecule has 0 aliphatic carbocycles. The van der Waals surface area contributed by atoms with Crippen molar-refractivity contribution in [3.05, 3.63) is 76.7 Å². The minimum absolute atomic E-state index is 0.0393. The summed E-state index contributed by atoms with van der Waals surface area (Å²) in [4.78, 5) is 14.8. The highest BCUT2D eigenvalue weighted by Crippen LogP contribution is 2.26. The van der Waals surface area contributed by atoms with Gasteiger partial charge < -0.3 is 9.42 Å². The van der Waals surface area contributed by atoms with Gasteiger partial charge in [-0.25, -0.2) is 12.8 Å². The maximum Gasteiger partial charge on any atom is 0.276 e. The second-order valence-electron chi connectivity index (χ2n) is 7.99. The van der Waals surface area contributed by atoms with Crippen LogP contribution in [0.25, 0.3) is 11.3 Å². The van der Waals surface area contributed by atoms with Crippen LogP contribution in [0.3, 0.4) is 0 Å². The number of nitrogens with zero attached hydrogens (tertiary/aromatic N) is 2. The van der Waals surface area contributed by atoms with E-state index in [0.29, 0.717) is 17.7 Å². The van der Waals surface area contributed by atoms with Crippen LogP contribution >= 0.6 is 0 Å². The normalized spacial score (nSPS) is 17.6. The Morgan fingerprint density at radius 1 is 1.13 bits per heavy atom. The van der Waals surface area contributed by atoms with Gasteiger partial charge in [-0.2, -0.15) is 0 Å². The average molecular weight is 443 g/mol. The topological polar surface area (TPSA) is 80.5 Å². The summed E-state index contributed by atoms with van der Waals surface area (Å²) >= 11 is 0. The SMILES string of the molecule is Cc1ccc(-c2cc(C(=O)N(Cc3ccc(F)cc3)C3CCS(=O)(=O)C3)no2)cc1C. The lowest BCUT2D eigenvalue weighted by molar-refractivity contribution is 0.0670. The summed E-state index contributed by atoms with van der Waals surface area (Å²) in [5, 5.41) is 3.95. The summed E-state index contributed by atoms with van der Waals surface area (Å²) in [6.07, 6.45) is 0.358. The minimum atomic E-state index is -3.20. The number of sulfone groups is 1. The zero-order valence-corrected chi connectivity index (χ0v) is 18.2. The molecule has 2 aromatic carbocycles. The summed E-state index contributed by atoms with van der Waals surface area (Å²) in [6.45, 7) is 4.16. The zero-order chi connectivity index (χ0) is 22.2. The molecule has 1 amide bonds. The van der Waals surface area contributed by atoms with E-state index in [1.54, 1.807) is 18.2 Å². The second kappa shape index (κ2) is 8.26. The first kappa shape index (κ1) is 21.2. The van der Waals surface area contributed by atoms with Gasteiger partial charge in [-0.1, -0.05) is 29.4 Å². The van der Waals surface area contributed by atoms with E-state index in [2.05, 4.69) is 5.16 Å². The lowest BCUT2D eigenvalue weighted by Crippen LogP contribution is -2.40. The Balaban J connectivity index is 1.63. The number of carbonyl (C=O) groups is 1. The standard InChI is InChI=1S/C23H23FN2O4S/c1-15-3-6-18(11-16(15)2)22-12-21(25-30-22)23(27)26(20-9-10-31(28,29)14-20)13-17-4-7-19(24)8-5-17/h3-8,11-12,20H,9-10,13-14H2,1-2H3. The maximum absolute atomic E-state index is 13.3. The summed E-state index contributed by atoms with van der Waals surface area (Å²) in [5.41, 5.74) is 3.86. The highest BCUT2D eigenvalue weighted by atomic mass is 32.2. The van der Waals surface area contributed by atoms with E-state index in [4.69, 9.17) is 4.52 Å². The molecular formula is C23H23FN2O4S. The second-order valence-corrected chi connectivity index (χ2v) is 10.2. The van der Waals surface area contributed by atoms with Crippen LogP contribution in [0.1, 0.15) is 33.6 Å². The van der Waals surface area contributed by atoms with Gasteiger partial charge in [-0.3, -0.25) is 4.79 Å². The number of hydrogen-bond donors (Lipinski definition) is 0. The highest BCUT2D eigenvalue weighted by Gasteiger charge is 2.36. The Labute approximate surface area is 180 Å². The largest absolute Gasteiger partial charge is 0.355 e. The summed E-state index contributed by atoms with van der Waals surface area (Å²) in [6, 6.07) is 12.7. The molecule has 1 aliphatic heterocycles. The third-order valence-corrected chi connectivity index (χ3v) is 7.45. The van der Waals surface area contributed by atoms with Crippen LogP contribution in [0, 0.1) is 19.7 Å². The average Bonchev–Trinajstić information content (AvgIpc) is 3.36. The molecule has 31 heavy (non-hydrogen) atoms. The smallest absolute Gasteiger partial charge is 0.276 e. The van der Waals surface area contributed by atoms with Crippen molar-refractivity contribution in [3.8, 4) is 11.3 Å². The Kier molecular flexibility index (Phi) is 5.66. The van der Waals surface area contributed by atoms with Gasteiger partial charge in [0.05, 0.1) is 11.5 Å². The minimum Gasteiger partial charge on any atom is -0.355 e. The van der Waals surface area contributed by atoms with Gasteiger partial charge in [0, 0.05) is 24.2 Å². The predicted molar refractivity (Wildman–Crippen MR) is 115 cm³/mol. The van der Waals surface area contributed by atoms with Crippen molar-refractivity contribution in [1.29, 1.82) is 0 Å². The van der Waals surface area contributed by atoms with Crippen LogP contribution in [0.15, 0.2) is 53.1 Å². The monoisotopic (exact) mass is 442 g/mol. The van der Waals surface area contributed by atoms with E-state index in [1.165, 1.54) is 17.0 Å². The number of aromatic nitrogens is 1. The molecule has 162 valence electrons. The number of carbonyl (C=O) groups excluding carboxylic acids is 1. The van der Waals surface area contributed by atoms with Gasteiger partial charge >= 0.3 is 0 Å². The van der Waals surface area contributed by atoms with Crippen LogP contribution in [0.2, 0.25) is 0 Å². The molecule has 1 aromatic heterocycles. The summed E-state index contributed by atoms with van der Waals surface area (Å²) < 4.78 is 42.8. The summed E-state index contributed by atoms with van der Waals surface area (Å²) in [7, 11) is -3.20. The van der Waals surface area contributed by atoms with Crippen LogP contribution in [0.5, 0.6) is 0 Å². The molecule has 8 heteroatoms. The van der Waals surface area contributed by atoms with E-state index in [9.17, 15) is 17.6 Å². The molecule has 0 spiro atoms. The van der Waals surface area contributed by atoms with E-state index >= 15 is 0 Å². The van der Waals surface area contributed by atoms with Crippen LogP contribution in [-0.4, -0.2) is 41.9 Å². The number of rotatable bonds is 5. The Morgan fingerprint density at radius 2 is 1.87 bits per heavy atom. The third kappa shape index (κ3) is 4.69. The van der Waals surface area contributed by atoms with Gasteiger partial charge in [-0.15, -0.1) is 0 Å². The molecule has 1 atom stereocenters. The predicted octanol–water partition coefficient (Wildman–Crippen LogP) is 3.93.